The van der Waals surface area contributed by atoms with Crippen molar-refractivity contribution in [2.45, 2.75) is 234 Å². The van der Waals surface area contributed by atoms with Crippen LogP contribution in [0.5, 0.6) is 0 Å². The van der Waals surface area contributed by atoms with Crippen LogP contribution < -0.4 is 0 Å². The fraction of sp³-hybridized carbons (Fsp3) is 0.776. The molecule has 0 aromatic rings. The minimum absolute atomic E-state index is 0.00324. The Bertz CT molecular complexity index is 1490. The van der Waals surface area contributed by atoms with Crippen molar-refractivity contribution in [3.8, 4) is 0 Å². The van der Waals surface area contributed by atoms with Gasteiger partial charge in [0.1, 0.15) is 6.10 Å². The molecule has 342 valence electrons. The summed E-state index contributed by atoms with van der Waals surface area (Å²) in [5, 5.41) is 0.0598. The van der Waals surface area contributed by atoms with Gasteiger partial charge in [-0.15, -0.1) is 0 Å². The van der Waals surface area contributed by atoms with E-state index in [1.54, 1.807) is 0 Å². The Morgan fingerprint density at radius 2 is 1.27 bits per heavy atom. The number of rotatable bonds is 14. The van der Waals surface area contributed by atoms with Crippen LogP contribution in [0.25, 0.3) is 0 Å². The summed E-state index contributed by atoms with van der Waals surface area (Å²) in [4.78, 5) is 14.4. The van der Waals surface area contributed by atoms with Gasteiger partial charge in [-0.25, -0.2) is 4.79 Å². The number of allylic oxidation sites excluding steroid dienone is 4. The molecule has 0 aromatic heterocycles. The summed E-state index contributed by atoms with van der Waals surface area (Å²) in [6.07, 6.45) is 14.3. The first-order valence-corrected chi connectivity index (χ1v) is 34.3. The second-order valence-corrected chi connectivity index (χ2v) is 41.2. The van der Waals surface area contributed by atoms with Gasteiger partial charge in [0.2, 0.25) is 0 Å². The van der Waals surface area contributed by atoms with Crippen LogP contribution >= 0.6 is 0 Å². The fourth-order valence-corrected chi connectivity index (χ4v) is 13.2. The predicted molar refractivity (Wildman–Crippen MR) is 266 cm³/mol. The molecule has 1 heterocycles. The summed E-state index contributed by atoms with van der Waals surface area (Å²) in [7, 11) is -8.49. The van der Waals surface area contributed by atoms with Crippen LogP contribution in [0, 0.1) is 5.92 Å². The van der Waals surface area contributed by atoms with Crippen molar-refractivity contribution in [1.29, 1.82) is 0 Å². The van der Waals surface area contributed by atoms with Crippen LogP contribution in [-0.4, -0.2) is 70.3 Å². The highest BCUT2D eigenvalue weighted by Crippen LogP contribution is 2.41. The van der Waals surface area contributed by atoms with Gasteiger partial charge < -0.3 is 22.4 Å². The molecule has 1 aliphatic heterocycles. The van der Waals surface area contributed by atoms with E-state index in [0.29, 0.717) is 18.4 Å². The van der Waals surface area contributed by atoms with E-state index in [4.69, 9.17) is 22.4 Å². The maximum absolute atomic E-state index is 14.4. The van der Waals surface area contributed by atoms with Crippen molar-refractivity contribution in [3.05, 3.63) is 58.7 Å². The average molecular weight is 892 g/mol. The van der Waals surface area contributed by atoms with E-state index < -0.39 is 39.4 Å². The Morgan fingerprint density at radius 3 is 1.75 bits per heavy atom. The molecular formula is C49H94O6Si4. The Balaban J connectivity index is 4.18. The number of carbonyl (C=O) groups is 1. The Kier molecular flexibility index (Phi) is 21.3. The predicted octanol–water partition coefficient (Wildman–Crippen LogP) is 15.3. The number of ether oxygens (including phenoxy) is 1. The summed E-state index contributed by atoms with van der Waals surface area (Å²) >= 11 is 0. The lowest BCUT2D eigenvalue weighted by Gasteiger charge is -2.40. The quantitative estimate of drug-likeness (QED) is 0.0983. The number of hydrogen-bond donors (Lipinski definition) is 0. The van der Waals surface area contributed by atoms with E-state index in [2.05, 4.69) is 181 Å². The van der Waals surface area contributed by atoms with E-state index in [1.807, 2.05) is 12.2 Å². The first-order valence-electron chi connectivity index (χ1n) is 23.0. The monoisotopic (exact) mass is 891 g/mol. The minimum Gasteiger partial charge on any atom is -0.456 e. The van der Waals surface area contributed by atoms with Gasteiger partial charge in [-0.2, -0.15) is 0 Å². The third-order valence-electron chi connectivity index (χ3n) is 14.5. The summed E-state index contributed by atoms with van der Waals surface area (Å²) in [5.41, 5.74) is 4.12. The summed E-state index contributed by atoms with van der Waals surface area (Å²) in [6.45, 7) is 52.1. The first kappa shape index (κ1) is 55.9. The van der Waals surface area contributed by atoms with Gasteiger partial charge in [-0.05, 0) is 130 Å². The van der Waals surface area contributed by atoms with Crippen molar-refractivity contribution in [2.75, 3.05) is 6.61 Å². The molecule has 0 saturated heterocycles. The Hall–Kier alpha value is -1.12. The lowest BCUT2D eigenvalue weighted by atomic mass is 9.90. The molecule has 0 fully saturated rings. The van der Waals surface area contributed by atoms with Gasteiger partial charge in [-0.1, -0.05) is 126 Å². The van der Waals surface area contributed by atoms with Crippen molar-refractivity contribution in [1.82, 2.24) is 0 Å². The van der Waals surface area contributed by atoms with Gasteiger partial charge >= 0.3 is 5.97 Å². The topological polar surface area (TPSA) is 63.2 Å². The molecule has 0 N–H and O–H groups in total. The third-order valence-corrected chi connectivity index (χ3v) is 32.6. The minimum atomic E-state index is -2.18. The Morgan fingerprint density at radius 1 is 0.746 bits per heavy atom. The third kappa shape index (κ3) is 16.5. The van der Waals surface area contributed by atoms with E-state index in [1.165, 1.54) is 11.1 Å². The molecule has 59 heavy (non-hydrogen) atoms. The van der Waals surface area contributed by atoms with E-state index in [-0.39, 0.29) is 51.9 Å². The maximum Gasteiger partial charge on any atom is 0.336 e. The standard InChI is InChI=1S/C49H94O6Si4/c1-24-41-35-38(6)43(54-58(22,23)49(15,16)17)31-29-28-30-42(36-51-56(18,19)47(9,10)11)46(50)52-44(40(8)53-57(20,21)48(12,13)14)33-32-37(5)34-39(7)45(41)55-59(25-2,26-3)27-4/h28-30,32,34-35,40-41,43-45H,24-27,31,33,36H2,1-23H3/b29-28+,37-32+,38-35+,39-34+,42-30+/t40-,41+,43+,44+,45+/m1/s1. The van der Waals surface area contributed by atoms with Crippen LogP contribution in [0.15, 0.2) is 58.7 Å². The number of esters is 1. The molecule has 0 spiro atoms. The molecule has 5 atom stereocenters. The lowest BCUT2D eigenvalue weighted by molar-refractivity contribution is -0.149. The van der Waals surface area contributed by atoms with Crippen molar-refractivity contribution >= 4 is 39.2 Å². The second-order valence-electron chi connectivity index (χ2n) is 22.1. The number of carbonyl (C=O) groups excluding carboxylic acids is 1. The number of cyclic esters (lactones) is 1. The van der Waals surface area contributed by atoms with Gasteiger partial charge in [0.05, 0.1) is 30.5 Å². The van der Waals surface area contributed by atoms with Crippen LogP contribution in [-0.2, 0) is 27.2 Å². The highest BCUT2D eigenvalue weighted by molar-refractivity contribution is 6.75. The fourth-order valence-electron chi connectivity index (χ4n) is 6.62. The lowest BCUT2D eigenvalue weighted by Crippen LogP contribution is -2.47. The van der Waals surface area contributed by atoms with Crippen molar-refractivity contribution in [2.24, 2.45) is 5.92 Å². The molecule has 0 aliphatic carbocycles. The van der Waals surface area contributed by atoms with Gasteiger partial charge in [0.15, 0.2) is 33.3 Å². The van der Waals surface area contributed by atoms with Crippen molar-refractivity contribution in [3.63, 3.8) is 0 Å². The van der Waals surface area contributed by atoms with Crippen LogP contribution in [0.3, 0.4) is 0 Å². The van der Waals surface area contributed by atoms with E-state index in [9.17, 15) is 4.79 Å². The normalized spacial score (nSPS) is 26.8. The molecule has 0 amide bonds. The second kappa shape index (κ2) is 22.5. The molecule has 1 rings (SSSR count). The molecule has 1 aliphatic rings. The zero-order valence-corrected chi connectivity index (χ0v) is 46.8. The molecule has 0 saturated carbocycles. The highest BCUT2D eigenvalue weighted by atomic mass is 28.4. The molecule has 0 radical (unpaired) electrons. The molecular weight excluding hydrogens is 797 g/mol. The summed E-state index contributed by atoms with van der Waals surface area (Å²) < 4.78 is 34.8. The highest BCUT2D eigenvalue weighted by Gasteiger charge is 2.42. The summed E-state index contributed by atoms with van der Waals surface area (Å²) in [6, 6.07) is 3.28. The zero-order chi connectivity index (χ0) is 46.0. The van der Waals surface area contributed by atoms with Gasteiger partial charge in [0.25, 0.3) is 0 Å². The average Bonchev–Trinajstić information content (AvgIpc) is 3.10. The smallest absolute Gasteiger partial charge is 0.336 e. The Labute approximate surface area is 370 Å². The van der Waals surface area contributed by atoms with Gasteiger partial charge in [-0.3, -0.25) is 0 Å². The van der Waals surface area contributed by atoms with Crippen LogP contribution in [0.2, 0.25) is 72.5 Å². The molecule has 6 nitrogen and oxygen atoms in total. The maximum atomic E-state index is 14.4. The molecule has 0 unspecified atom stereocenters. The summed E-state index contributed by atoms with van der Waals surface area (Å²) in [5.74, 6) is -0.165. The zero-order valence-electron chi connectivity index (χ0n) is 42.8. The molecule has 0 bridgehead atoms. The first-order chi connectivity index (χ1) is 26.7. The largest absolute Gasteiger partial charge is 0.456 e. The van der Waals surface area contributed by atoms with Crippen molar-refractivity contribution < 1.29 is 27.2 Å². The van der Waals surface area contributed by atoms with E-state index in [0.717, 1.165) is 30.1 Å². The van der Waals surface area contributed by atoms with Crippen LogP contribution in [0.1, 0.15) is 137 Å². The number of hydrogen-bond acceptors (Lipinski definition) is 6. The molecule has 0 aromatic carbocycles. The molecule has 10 heteroatoms. The van der Waals surface area contributed by atoms with Crippen LogP contribution in [0.4, 0.5) is 0 Å². The van der Waals surface area contributed by atoms with E-state index >= 15 is 0 Å². The van der Waals surface area contributed by atoms with Gasteiger partial charge in [0, 0.05) is 12.3 Å². The SMILES string of the molecule is CC[C@H]1/C=C(\C)[C@@H](O[Si](C)(C)C(C)(C)C)C/C=C/C=C(\CO[Si](C)(C)C(C)(C)C)C(=O)O[C@H]([C@@H](C)O[Si](C)(C)C(C)(C)C)C/C=C(C)/C=C(\C)[C@@H]1O[Si](CC)(CC)CC.